The van der Waals surface area contributed by atoms with Crippen LogP contribution in [0.3, 0.4) is 0 Å². The van der Waals surface area contributed by atoms with E-state index in [0.717, 1.165) is 31.3 Å². The van der Waals surface area contributed by atoms with Gasteiger partial charge in [0.1, 0.15) is 5.60 Å². The Kier molecular flexibility index (Phi) is 3.57. The van der Waals surface area contributed by atoms with Crippen LogP contribution in [0, 0.1) is 22.7 Å². The first kappa shape index (κ1) is 18.0. The molecule has 2 saturated carbocycles. The second-order valence-corrected chi connectivity index (χ2v) is 9.44. The lowest BCUT2D eigenvalue weighted by Crippen LogP contribution is -2.56. The average molecular weight is 382 g/mol. The van der Waals surface area contributed by atoms with E-state index in [0.29, 0.717) is 11.8 Å². The van der Waals surface area contributed by atoms with Crippen LogP contribution in [-0.4, -0.2) is 35.8 Å². The van der Waals surface area contributed by atoms with Gasteiger partial charge in [-0.3, -0.25) is 14.4 Å². The molecule has 3 fully saturated rings. The van der Waals surface area contributed by atoms with Crippen molar-refractivity contribution in [2.45, 2.75) is 58.2 Å². The van der Waals surface area contributed by atoms with Crippen molar-refractivity contribution >= 4 is 17.5 Å². The van der Waals surface area contributed by atoms with E-state index in [9.17, 15) is 14.4 Å². The number of rotatable bonds is 3. The molecule has 0 bridgehead atoms. The van der Waals surface area contributed by atoms with Gasteiger partial charge in [-0.15, -0.1) is 0 Å². The first-order chi connectivity index (χ1) is 13.2. The third-order valence-electron chi connectivity index (χ3n) is 8.22. The normalized spacial score (nSPS) is 45.1. The molecule has 5 nitrogen and oxygen atoms in total. The van der Waals surface area contributed by atoms with Crippen molar-refractivity contribution < 1.29 is 23.9 Å². The van der Waals surface area contributed by atoms with Crippen molar-refractivity contribution in [1.29, 1.82) is 0 Å². The van der Waals surface area contributed by atoms with Gasteiger partial charge in [0.2, 0.25) is 0 Å². The molecule has 0 aromatic carbocycles. The van der Waals surface area contributed by atoms with Crippen molar-refractivity contribution in [2.24, 2.45) is 22.7 Å². The molecular formula is C23H26O5. The summed E-state index contributed by atoms with van der Waals surface area (Å²) in [4.78, 5) is 35.8. The van der Waals surface area contributed by atoms with Crippen LogP contribution in [0.5, 0.6) is 0 Å². The molecule has 1 saturated heterocycles. The number of hydrogen-bond acceptors (Lipinski definition) is 5. The second-order valence-electron chi connectivity index (χ2n) is 9.44. The van der Waals surface area contributed by atoms with Crippen molar-refractivity contribution in [3.63, 3.8) is 0 Å². The van der Waals surface area contributed by atoms with Gasteiger partial charge in [-0.1, -0.05) is 24.6 Å². The second kappa shape index (κ2) is 5.53. The highest BCUT2D eigenvalue weighted by Gasteiger charge is 2.78. The number of carbonyl (C=O) groups is 3. The fourth-order valence-corrected chi connectivity index (χ4v) is 6.90. The molecule has 5 rings (SSSR count). The van der Waals surface area contributed by atoms with Crippen molar-refractivity contribution in [3.8, 4) is 0 Å². The summed E-state index contributed by atoms with van der Waals surface area (Å²) < 4.78 is 11.4. The van der Waals surface area contributed by atoms with Crippen molar-refractivity contribution in [2.75, 3.05) is 6.61 Å². The smallest absolute Gasteiger partial charge is 0.303 e. The first-order valence-corrected chi connectivity index (χ1v) is 10.2. The minimum Gasteiger partial charge on any atom is -0.457 e. The number of ketones is 2. The van der Waals surface area contributed by atoms with Crippen molar-refractivity contribution in [3.05, 3.63) is 35.5 Å². The Hall–Kier alpha value is -2.01. The number of ether oxygens (including phenoxy) is 2. The minimum atomic E-state index is -0.431. The Morgan fingerprint density at radius 2 is 2.07 bits per heavy atom. The maximum atomic E-state index is 12.8. The molecule has 5 aliphatic rings. The monoisotopic (exact) mass is 382 g/mol. The Bertz CT molecular complexity index is 895. The fraction of sp³-hybridized carbons (Fsp3) is 0.609. The van der Waals surface area contributed by atoms with E-state index < -0.39 is 5.97 Å². The third-order valence-corrected chi connectivity index (χ3v) is 8.22. The molecule has 28 heavy (non-hydrogen) atoms. The number of allylic oxidation sites excluding steroid dienone is 3. The molecule has 4 aliphatic carbocycles. The molecule has 148 valence electrons. The van der Waals surface area contributed by atoms with Gasteiger partial charge in [0, 0.05) is 23.3 Å². The van der Waals surface area contributed by atoms with E-state index in [1.807, 2.05) is 0 Å². The minimum absolute atomic E-state index is 0.0704. The highest BCUT2D eigenvalue weighted by atomic mass is 16.6. The zero-order chi connectivity index (χ0) is 19.9. The zero-order valence-electron chi connectivity index (χ0n) is 16.6. The van der Waals surface area contributed by atoms with Crippen LogP contribution in [0.15, 0.2) is 35.5 Å². The van der Waals surface area contributed by atoms with Gasteiger partial charge in [0.05, 0.1) is 6.10 Å². The number of hydrogen-bond donors (Lipinski definition) is 0. The summed E-state index contributed by atoms with van der Waals surface area (Å²) >= 11 is 0. The fourth-order valence-electron chi connectivity index (χ4n) is 6.90. The van der Waals surface area contributed by atoms with Gasteiger partial charge in [-0.2, -0.15) is 0 Å². The Morgan fingerprint density at radius 1 is 1.29 bits per heavy atom. The largest absolute Gasteiger partial charge is 0.457 e. The number of carbonyl (C=O) groups excluding carboxylic acids is 3. The topological polar surface area (TPSA) is 73.0 Å². The van der Waals surface area contributed by atoms with E-state index in [1.165, 1.54) is 12.5 Å². The van der Waals surface area contributed by atoms with Gasteiger partial charge < -0.3 is 9.47 Å². The van der Waals surface area contributed by atoms with Gasteiger partial charge in [0.15, 0.2) is 18.2 Å². The van der Waals surface area contributed by atoms with Gasteiger partial charge in [-0.05, 0) is 56.6 Å². The molecular weight excluding hydrogens is 356 g/mol. The average Bonchev–Trinajstić information content (AvgIpc) is 3.25. The quantitative estimate of drug-likeness (QED) is 0.554. The van der Waals surface area contributed by atoms with E-state index >= 15 is 0 Å². The number of esters is 1. The molecule has 0 amide bonds. The predicted octanol–water partition coefficient (Wildman–Crippen LogP) is 3.09. The van der Waals surface area contributed by atoms with Crippen LogP contribution in [0.2, 0.25) is 0 Å². The van der Waals surface area contributed by atoms with Crippen LogP contribution in [-0.2, 0) is 23.9 Å². The SMILES string of the molecule is CC(=O)OCC(=O)C1=CCC2C3CCC4=CC(=O)C=C[C@]4(C)C34OC4C[C@]12C. The van der Waals surface area contributed by atoms with Gasteiger partial charge in [-0.25, -0.2) is 0 Å². The molecule has 1 heterocycles. The van der Waals surface area contributed by atoms with E-state index in [-0.39, 0.29) is 40.7 Å². The van der Waals surface area contributed by atoms with E-state index in [1.54, 1.807) is 12.2 Å². The summed E-state index contributed by atoms with van der Waals surface area (Å²) in [6, 6.07) is 0. The van der Waals surface area contributed by atoms with Crippen molar-refractivity contribution in [1.82, 2.24) is 0 Å². The molecule has 1 spiro atoms. The van der Waals surface area contributed by atoms with E-state index in [4.69, 9.17) is 9.47 Å². The van der Waals surface area contributed by atoms with Gasteiger partial charge in [0.25, 0.3) is 0 Å². The Balaban J connectivity index is 1.46. The summed E-state index contributed by atoms with van der Waals surface area (Å²) in [5.74, 6) is 0.249. The Morgan fingerprint density at radius 3 is 2.82 bits per heavy atom. The molecule has 6 atom stereocenters. The van der Waals surface area contributed by atoms with Crippen LogP contribution in [0.25, 0.3) is 0 Å². The Labute approximate surface area is 164 Å². The molecule has 1 aliphatic heterocycles. The molecule has 5 heteroatoms. The lowest BCUT2D eigenvalue weighted by molar-refractivity contribution is -0.145. The summed E-state index contributed by atoms with van der Waals surface area (Å²) in [7, 11) is 0. The van der Waals surface area contributed by atoms with E-state index in [2.05, 4.69) is 26.0 Å². The lowest BCUT2D eigenvalue weighted by Gasteiger charge is -2.54. The number of fused-ring (bicyclic) bond motifs is 3. The van der Waals surface area contributed by atoms with Crippen LogP contribution in [0.4, 0.5) is 0 Å². The number of epoxide rings is 1. The maximum Gasteiger partial charge on any atom is 0.303 e. The van der Waals surface area contributed by atoms with Crippen LogP contribution < -0.4 is 0 Å². The summed E-state index contributed by atoms with van der Waals surface area (Å²) in [5, 5.41) is 0. The zero-order valence-corrected chi connectivity index (χ0v) is 16.6. The highest BCUT2D eigenvalue weighted by Crippen LogP contribution is 2.74. The lowest BCUT2D eigenvalue weighted by atomic mass is 9.47. The molecule has 0 aromatic heterocycles. The first-order valence-electron chi connectivity index (χ1n) is 10.2. The molecule has 0 radical (unpaired) electrons. The maximum absolute atomic E-state index is 12.8. The third kappa shape index (κ3) is 2.08. The number of Topliss-reactive ketones (excluding diaryl/α,β-unsaturated/α-hetero) is 1. The standard InChI is InChI=1S/C23H26O5/c1-13(24)27-12-19(26)18-7-6-16-17-5-4-14-10-15(25)8-9-22(14,3)23(17)20(28-23)11-21(16,18)2/h7-10,16-17,20H,4-6,11-12H2,1-3H3/t16?,17?,20?,21-,22-,23?/m0/s1. The van der Waals surface area contributed by atoms with Gasteiger partial charge >= 0.3 is 5.97 Å². The van der Waals surface area contributed by atoms with Crippen LogP contribution in [0.1, 0.15) is 46.5 Å². The summed E-state index contributed by atoms with van der Waals surface area (Å²) in [6.07, 6.45) is 11.3. The molecule has 0 aromatic rings. The molecule has 0 N–H and O–H groups in total. The predicted molar refractivity (Wildman–Crippen MR) is 101 cm³/mol. The molecule has 4 unspecified atom stereocenters. The summed E-state index contributed by atoms with van der Waals surface area (Å²) in [6.45, 7) is 5.54. The highest BCUT2D eigenvalue weighted by molar-refractivity contribution is 6.01. The summed E-state index contributed by atoms with van der Waals surface area (Å²) in [5.41, 5.74) is 1.28. The van der Waals surface area contributed by atoms with Crippen LogP contribution >= 0.6 is 0 Å².